The molecule has 1 saturated heterocycles. The molecule has 2 amide bonds. The number of hydrogen-bond donors (Lipinski definition) is 1. The summed E-state index contributed by atoms with van der Waals surface area (Å²) in [6.45, 7) is 3.31. The van der Waals surface area contributed by atoms with Gasteiger partial charge in [0, 0.05) is 35.3 Å². The zero-order valence-corrected chi connectivity index (χ0v) is 18.0. The van der Waals surface area contributed by atoms with Crippen LogP contribution in [0.2, 0.25) is 5.02 Å². The molecule has 0 spiro atoms. The van der Waals surface area contributed by atoms with E-state index in [1.165, 1.54) is 11.3 Å². The fourth-order valence-corrected chi connectivity index (χ4v) is 4.54. The number of carbonyl (C=O) groups excluding carboxylic acids is 2. The molecule has 30 heavy (non-hydrogen) atoms. The van der Waals surface area contributed by atoms with Crippen LogP contribution in [0.1, 0.15) is 49.5 Å². The van der Waals surface area contributed by atoms with Gasteiger partial charge >= 0.3 is 0 Å². The third kappa shape index (κ3) is 4.68. The molecule has 1 fully saturated rings. The van der Waals surface area contributed by atoms with Crippen LogP contribution >= 0.6 is 22.9 Å². The molecule has 1 aliphatic rings. The number of likely N-dealkylation sites (tertiary alicyclic amines) is 1. The molecule has 0 saturated carbocycles. The van der Waals surface area contributed by atoms with E-state index in [-0.39, 0.29) is 17.7 Å². The SMILES string of the molecule is Cc1ccc(C(=O)N2CCCC(c3nnc(C(=O)Nc4cccc(Cl)c4)s3)C2)cc1. The number of piperidine rings is 1. The molecule has 4 rings (SSSR count). The fourth-order valence-electron chi connectivity index (χ4n) is 3.48. The maximum Gasteiger partial charge on any atom is 0.286 e. The Kier molecular flexibility index (Phi) is 6.11. The van der Waals surface area contributed by atoms with Gasteiger partial charge in [0.25, 0.3) is 11.8 Å². The standard InChI is InChI=1S/C22H21ClN4O2S/c1-14-7-9-15(10-8-14)22(29)27-11-3-4-16(13-27)20-25-26-21(30-20)19(28)24-18-6-2-5-17(23)12-18/h2,5-10,12,16H,3-4,11,13H2,1H3,(H,24,28). The quantitative estimate of drug-likeness (QED) is 0.633. The second kappa shape index (κ2) is 8.93. The van der Waals surface area contributed by atoms with E-state index in [0.29, 0.717) is 27.8 Å². The number of carbonyl (C=O) groups is 2. The van der Waals surface area contributed by atoms with Gasteiger partial charge in [-0.05, 0) is 50.1 Å². The molecular weight excluding hydrogens is 420 g/mol. The van der Waals surface area contributed by atoms with Crippen molar-refractivity contribution < 1.29 is 9.59 Å². The van der Waals surface area contributed by atoms with Crippen molar-refractivity contribution in [2.75, 3.05) is 18.4 Å². The number of rotatable bonds is 4. The number of amides is 2. The van der Waals surface area contributed by atoms with Crippen LogP contribution in [0.5, 0.6) is 0 Å². The van der Waals surface area contributed by atoms with Crippen molar-refractivity contribution in [2.24, 2.45) is 0 Å². The maximum atomic E-state index is 12.9. The summed E-state index contributed by atoms with van der Waals surface area (Å²) in [5.41, 5.74) is 2.43. The highest BCUT2D eigenvalue weighted by Crippen LogP contribution is 2.30. The van der Waals surface area contributed by atoms with Crippen molar-refractivity contribution in [1.29, 1.82) is 0 Å². The summed E-state index contributed by atoms with van der Waals surface area (Å²) in [6, 6.07) is 14.6. The first-order valence-corrected chi connectivity index (χ1v) is 11.0. The van der Waals surface area contributed by atoms with E-state index in [4.69, 9.17) is 11.6 Å². The number of hydrogen-bond acceptors (Lipinski definition) is 5. The molecule has 3 aromatic rings. The predicted molar refractivity (Wildman–Crippen MR) is 118 cm³/mol. The zero-order chi connectivity index (χ0) is 21.1. The van der Waals surface area contributed by atoms with Crippen LogP contribution in [0.3, 0.4) is 0 Å². The third-order valence-electron chi connectivity index (χ3n) is 5.07. The van der Waals surface area contributed by atoms with Gasteiger partial charge in [0.05, 0.1) is 0 Å². The second-order valence-electron chi connectivity index (χ2n) is 7.37. The Morgan fingerprint density at radius 2 is 1.97 bits per heavy atom. The molecule has 1 atom stereocenters. The highest BCUT2D eigenvalue weighted by atomic mass is 35.5. The van der Waals surface area contributed by atoms with Crippen LogP contribution in [0.4, 0.5) is 5.69 Å². The molecule has 1 N–H and O–H groups in total. The predicted octanol–water partition coefficient (Wildman–Crippen LogP) is 4.77. The summed E-state index contributed by atoms with van der Waals surface area (Å²) in [4.78, 5) is 27.2. The topological polar surface area (TPSA) is 75.2 Å². The van der Waals surface area contributed by atoms with Crippen LogP contribution in [0.15, 0.2) is 48.5 Å². The Bertz CT molecular complexity index is 1070. The van der Waals surface area contributed by atoms with Gasteiger partial charge in [0.2, 0.25) is 5.01 Å². The Hall–Kier alpha value is -2.77. The number of anilines is 1. The lowest BCUT2D eigenvalue weighted by Gasteiger charge is -2.31. The van der Waals surface area contributed by atoms with Crippen molar-refractivity contribution in [3.05, 3.63) is 74.7 Å². The van der Waals surface area contributed by atoms with Crippen molar-refractivity contribution in [3.63, 3.8) is 0 Å². The van der Waals surface area contributed by atoms with E-state index in [2.05, 4.69) is 15.5 Å². The summed E-state index contributed by atoms with van der Waals surface area (Å²) < 4.78 is 0. The van der Waals surface area contributed by atoms with E-state index in [1.54, 1.807) is 24.3 Å². The molecule has 1 aromatic heterocycles. The van der Waals surface area contributed by atoms with E-state index >= 15 is 0 Å². The first-order chi connectivity index (χ1) is 14.5. The molecule has 0 radical (unpaired) electrons. The molecule has 0 bridgehead atoms. The summed E-state index contributed by atoms with van der Waals surface area (Å²) >= 11 is 7.24. The fraction of sp³-hybridized carbons (Fsp3) is 0.273. The average molecular weight is 441 g/mol. The normalized spacial score (nSPS) is 16.3. The minimum atomic E-state index is -0.315. The largest absolute Gasteiger partial charge is 0.338 e. The number of halogens is 1. The van der Waals surface area contributed by atoms with Gasteiger partial charge in [0.15, 0.2) is 0 Å². The third-order valence-corrected chi connectivity index (χ3v) is 6.39. The van der Waals surface area contributed by atoms with Crippen LogP contribution in [-0.2, 0) is 0 Å². The van der Waals surface area contributed by atoms with Gasteiger partial charge < -0.3 is 10.2 Å². The average Bonchev–Trinajstić information content (AvgIpc) is 3.24. The molecule has 154 valence electrons. The van der Waals surface area contributed by atoms with E-state index in [9.17, 15) is 9.59 Å². The van der Waals surface area contributed by atoms with Gasteiger partial charge in [-0.15, -0.1) is 10.2 Å². The highest BCUT2D eigenvalue weighted by molar-refractivity contribution is 7.13. The molecule has 0 aliphatic carbocycles. The van der Waals surface area contributed by atoms with Gasteiger partial charge in [-0.3, -0.25) is 9.59 Å². The van der Waals surface area contributed by atoms with Crippen LogP contribution in [-0.4, -0.2) is 40.0 Å². The minimum Gasteiger partial charge on any atom is -0.338 e. The zero-order valence-electron chi connectivity index (χ0n) is 16.5. The summed E-state index contributed by atoms with van der Waals surface area (Å²) in [5.74, 6) is -0.203. The summed E-state index contributed by atoms with van der Waals surface area (Å²) in [7, 11) is 0. The van der Waals surface area contributed by atoms with Gasteiger partial charge in [-0.2, -0.15) is 0 Å². The van der Waals surface area contributed by atoms with Crippen LogP contribution in [0, 0.1) is 6.92 Å². The van der Waals surface area contributed by atoms with Gasteiger partial charge in [0.1, 0.15) is 5.01 Å². The minimum absolute atomic E-state index is 0.0307. The van der Waals surface area contributed by atoms with Crippen molar-refractivity contribution in [1.82, 2.24) is 15.1 Å². The van der Waals surface area contributed by atoms with Crippen molar-refractivity contribution in [2.45, 2.75) is 25.7 Å². The Morgan fingerprint density at radius 3 is 2.73 bits per heavy atom. The summed E-state index contributed by atoms with van der Waals surface area (Å²) in [6.07, 6.45) is 1.81. The lowest BCUT2D eigenvalue weighted by Crippen LogP contribution is -2.39. The highest BCUT2D eigenvalue weighted by Gasteiger charge is 2.28. The van der Waals surface area contributed by atoms with Crippen LogP contribution in [0.25, 0.3) is 0 Å². The Balaban J connectivity index is 1.43. The summed E-state index contributed by atoms with van der Waals surface area (Å²) in [5, 5.41) is 12.7. The monoisotopic (exact) mass is 440 g/mol. The molecule has 2 aromatic carbocycles. The number of nitrogens with one attached hydrogen (secondary N) is 1. The smallest absolute Gasteiger partial charge is 0.286 e. The Labute approximate surface area is 183 Å². The molecule has 1 unspecified atom stereocenters. The van der Waals surface area contributed by atoms with Gasteiger partial charge in [-0.25, -0.2) is 0 Å². The van der Waals surface area contributed by atoms with E-state index < -0.39 is 0 Å². The van der Waals surface area contributed by atoms with E-state index in [1.807, 2.05) is 36.1 Å². The number of benzene rings is 2. The number of nitrogens with zero attached hydrogens (tertiary/aromatic N) is 3. The molecular formula is C22H21ClN4O2S. The van der Waals surface area contributed by atoms with E-state index in [0.717, 1.165) is 30.0 Å². The molecule has 1 aliphatic heterocycles. The van der Waals surface area contributed by atoms with Crippen molar-refractivity contribution in [3.8, 4) is 0 Å². The maximum absolute atomic E-state index is 12.9. The lowest BCUT2D eigenvalue weighted by atomic mass is 9.98. The van der Waals surface area contributed by atoms with Crippen LogP contribution < -0.4 is 5.32 Å². The van der Waals surface area contributed by atoms with Gasteiger partial charge in [-0.1, -0.05) is 46.7 Å². The molecule has 2 heterocycles. The first-order valence-electron chi connectivity index (χ1n) is 9.76. The van der Waals surface area contributed by atoms with Crippen molar-refractivity contribution >= 4 is 40.4 Å². The Morgan fingerprint density at radius 1 is 1.17 bits per heavy atom. The second-order valence-corrected chi connectivity index (χ2v) is 8.81. The number of aryl methyl sites for hydroxylation is 1. The molecule has 8 heteroatoms. The molecule has 6 nitrogen and oxygen atoms in total. The first kappa shape index (κ1) is 20.5. The number of aromatic nitrogens is 2. The lowest BCUT2D eigenvalue weighted by molar-refractivity contribution is 0.0706.